The molecule has 0 radical (unpaired) electrons. The Morgan fingerprint density at radius 2 is 2.21 bits per heavy atom. The van der Waals surface area contributed by atoms with Crippen LogP contribution in [0.25, 0.3) is 5.65 Å². The van der Waals surface area contributed by atoms with Gasteiger partial charge in [-0.25, -0.2) is 9.97 Å². The van der Waals surface area contributed by atoms with Crippen LogP contribution in [0.5, 0.6) is 0 Å². The molecular weight excluding hydrogens is 396 g/mol. The lowest BCUT2D eigenvalue weighted by Gasteiger charge is -2.21. The Labute approximate surface area is 172 Å². The SMILES string of the molecule is CC1(C)O[C@@H]2[C@@H](CS[C@H]2c2cnc3c(NCc4cccc(Cl)c4)nccn23)O1. The minimum absolute atomic E-state index is 0.0379. The molecule has 8 heteroatoms. The van der Waals surface area contributed by atoms with Gasteiger partial charge < -0.3 is 14.8 Å². The first-order chi connectivity index (χ1) is 13.5. The van der Waals surface area contributed by atoms with Crippen LogP contribution in [0, 0.1) is 0 Å². The third kappa shape index (κ3) is 3.26. The van der Waals surface area contributed by atoms with Crippen LogP contribution in [-0.4, -0.2) is 38.1 Å². The van der Waals surface area contributed by atoms with Crippen LogP contribution in [-0.2, 0) is 16.0 Å². The summed E-state index contributed by atoms with van der Waals surface area (Å²) in [6, 6.07) is 7.79. The minimum atomic E-state index is -0.527. The van der Waals surface area contributed by atoms with E-state index in [0.29, 0.717) is 6.54 Å². The number of hydrogen-bond donors (Lipinski definition) is 1. The molecule has 3 aromatic rings. The van der Waals surface area contributed by atoms with Crippen molar-refractivity contribution in [2.24, 2.45) is 0 Å². The molecule has 0 amide bonds. The molecule has 6 nitrogen and oxygen atoms in total. The molecule has 0 saturated carbocycles. The standard InChI is InChI=1S/C20H21ClN4O2S/c1-20(2)26-15-11-28-17(16(15)27-20)14-10-24-19-18(22-6-7-25(14)19)23-9-12-4-3-5-13(21)8-12/h3-8,10,15-17H,9,11H2,1-2H3,(H,22,23)/t15-,16-,17+/m1/s1. The Hall–Kier alpha value is -1.80. The molecule has 0 unspecified atom stereocenters. The average Bonchev–Trinajstić information content (AvgIpc) is 3.31. The monoisotopic (exact) mass is 416 g/mol. The molecule has 3 atom stereocenters. The second kappa shape index (κ2) is 6.91. The van der Waals surface area contributed by atoms with Gasteiger partial charge in [-0.2, -0.15) is 0 Å². The first-order valence-corrected chi connectivity index (χ1v) is 10.7. The highest BCUT2D eigenvalue weighted by Gasteiger charge is 2.50. The number of hydrogen-bond acceptors (Lipinski definition) is 6. The number of fused-ring (bicyclic) bond motifs is 2. The zero-order chi connectivity index (χ0) is 19.3. The number of ether oxygens (including phenoxy) is 2. The van der Waals surface area contributed by atoms with Gasteiger partial charge in [-0.05, 0) is 31.5 Å². The first kappa shape index (κ1) is 18.2. The summed E-state index contributed by atoms with van der Waals surface area (Å²) in [4.78, 5) is 9.13. The Kier molecular flexibility index (Phi) is 4.50. The van der Waals surface area contributed by atoms with Crippen molar-refractivity contribution in [2.75, 3.05) is 11.1 Å². The smallest absolute Gasteiger partial charge is 0.180 e. The van der Waals surface area contributed by atoms with E-state index in [0.717, 1.165) is 33.5 Å². The molecular formula is C20H21ClN4O2S. The summed E-state index contributed by atoms with van der Waals surface area (Å²) in [6.07, 6.45) is 5.84. The van der Waals surface area contributed by atoms with Crippen LogP contribution in [0.1, 0.15) is 30.4 Å². The van der Waals surface area contributed by atoms with Crippen molar-refractivity contribution >= 4 is 34.8 Å². The summed E-state index contributed by atoms with van der Waals surface area (Å²) in [5, 5.41) is 4.29. The molecule has 1 N–H and O–H groups in total. The number of nitrogens with one attached hydrogen (secondary N) is 1. The molecule has 0 spiro atoms. The van der Waals surface area contributed by atoms with E-state index >= 15 is 0 Å². The molecule has 2 saturated heterocycles. The largest absolute Gasteiger partial charge is 0.363 e. The van der Waals surface area contributed by atoms with E-state index in [2.05, 4.69) is 19.7 Å². The van der Waals surface area contributed by atoms with Gasteiger partial charge in [-0.1, -0.05) is 23.7 Å². The predicted octanol–water partition coefficient (Wildman–Crippen LogP) is 4.30. The van der Waals surface area contributed by atoms with Gasteiger partial charge in [0.25, 0.3) is 0 Å². The van der Waals surface area contributed by atoms with Gasteiger partial charge in [-0.3, -0.25) is 4.40 Å². The van der Waals surface area contributed by atoms with Crippen molar-refractivity contribution in [1.82, 2.24) is 14.4 Å². The van der Waals surface area contributed by atoms with Crippen molar-refractivity contribution in [1.29, 1.82) is 0 Å². The number of thioether (sulfide) groups is 1. The molecule has 1 aromatic carbocycles. The summed E-state index contributed by atoms with van der Waals surface area (Å²) in [6.45, 7) is 4.58. The summed E-state index contributed by atoms with van der Waals surface area (Å²) in [5.74, 6) is 1.15. The van der Waals surface area contributed by atoms with Crippen LogP contribution in [0.3, 0.4) is 0 Å². The maximum absolute atomic E-state index is 6.18. The number of imidazole rings is 1. The van der Waals surface area contributed by atoms with Gasteiger partial charge in [0.1, 0.15) is 6.10 Å². The first-order valence-electron chi connectivity index (χ1n) is 9.28. The number of nitrogens with zero attached hydrogens (tertiary/aromatic N) is 3. The summed E-state index contributed by atoms with van der Waals surface area (Å²) < 4.78 is 14.3. The van der Waals surface area contributed by atoms with Crippen LogP contribution >= 0.6 is 23.4 Å². The van der Waals surface area contributed by atoms with E-state index in [1.807, 2.05) is 62.3 Å². The Bertz CT molecular complexity index is 1020. The molecule has 2 fully saturated rings. The quantitative estimate of drug-likeness (QED) is 0.684. The van der Waals surface area contributed by atoms with E-state index in [-0.39, 0.29) is 17.5 Å². The minimum Gasteiger partial charge on any atom is -0.363 e. The maximum atomic E-state index is 6.18. The fraction of sp³-hybridized carbons (Fsp3) is 0.400. The lowest BCUT2D eigenvalue weighted by atomic mass is 10.1. The van der Waals surface area contributed by atoms with E-state index < -0.39 is 5.79 Å². The van der Waals surface area contributed by atoms with Crippen molar-refractivity contribution in [3.05, 3.63) is 59.1 Å². The van der Waals surface area contributed by atoms with E-state index in [1.165, 1.54) is 0 Å². The molecule has 2 aliphatic rings. The van der Waals surface area contributed by atoms with Crippen LogP contribution < -0.4 is 5.32 Å². The number of rotatable bonds is 4. The number of anilines is 1. The lowest BCUT2D eigenvalue weighted by molar-refractivity contribution is -0.145. The van der Waals surface area contributed by atoms with E-state index in [4.69, 9.17) is 21.1 Å². The number of aromatic nitrogens is 3. The molecule has 2 aliphatic heterocycles. The topological polar surface area (TPSA) is 60.7 Å². The van der Waals surface area contributed by atoms with Crippen molar-refractivity contribution in [3.8, 4) is 0 Å². The maximum Gasteiger partial charge on any atom is 0.180 e. The Morgan fingerprint density at radius 1 is 1.32 bits per heavy atom. The zero-order valence-corrected chi connectivity index (χ0v) is 17.2. The highest BCUT2D eigenvalue weighted by Crippen LogP contribution is 2.49. The summed E-state index contributed by atoms with van der Waals surface area (Å²) in [7, 11) is 0. The molecule has 5 rings (SSSR count). The highest BCUT2D eigenvalue weighted by atomic mass is 35.5. The predicted molar refractivity (Wildman–Crippen MR) is 111 cm³/mol. The van der Waals surface area contributed by atoms with E-state index in [9.17, 15) is 0 Å². The fourth-order valence-electron chi connectivity index (χ4n) is 3.90. The third-order valence-electron chi connectivity index (χ3n) is 5.06. The van der Waals surface area contributed by atoms with Gasteiger partial charge >= 0.3 is 0 Å². The lowest BCUT2D eigenvalue weighted by Crippen LogP contribution is -2.24. The molecule has 0 bridgehead atoms. The van der Waals surface area contributed by atoms with Crippen molar-refractivity contribution in [3.63, 3.8) is 0 Å². The average molecular weight is 417 g/mol. The second-order valence-electron chi connectivity index (χ2n) is 7.53. The van der Waals surface area contributed by atoms with Crippen LogP contribution in [0.15, 0.2) is 42.9 Å². The van der Waals surface area contributed by atoms with Gasteiger partial charge in [0.2, 0.25) is 0 Å². The number of benzene rings is 1. The zero-order valence-electron chi connectivity index (χ0n) is 15.6. The highest BCUT2D eigenvalue weighted by molar-refractivity contribution is 7.99. The molecule has 0 aliphatic carbocycles. The molecule has 28 heavy (non-hydrogen) atoms. The molecule has 146 valence electrons. The fourth-order valence-corrected chi connectivity index (χ4v) is 5.54. The van der Waals surface area contributed by atoms with Crippen molar-refractivity contribution < 1.29 is 9.47 Å². The number of halogens is 1. The van der Waals surface area contributed by atoms with E-state index in [1.54, 1.807) is 6.20 Å². The normalized spacial score (nSPS) is 25.9. The summed E-state index contributed by atoms with van der Waals surface area (Å²) in [5.41, 5.74) is 3.01. The molecule has 4 heterocycles. The van der Waals surface area contributed by atoms with Crippen molar-refractivity contribution in [2.45, 2.75) is 43.6 Å². The van der Waals surface area contributed by atoms with Gasteiger partial charge in [0.15, 0.2) is 17.3 Å². The van der Waals surface area contributed by atoms with Gasteiger partial charge in [-0.15, -0.1) is 11.8 Å². The Morgan fingerprint density at radius 3 is 3.07 bits per heavy atom. The van der Waals surface area contributed by atoms with Crippen LogP contribution in [0.2, 0.25) is 5.02 Å². The van der Waals surface area contributed by atoms with Gasteiger partial charge in [0, 0.05) is 29.7 Å². The van der Waals surface area contributed by atoms with Crippen LogP contribution in [0.4, 0.5) is 5.82 Å². The Balaban J connectivity index is 1.41. The second-order valence-corrected chi connectivity index (χ2v) is 9.14. The third-order valence-corrected chi connectivity index (χ3v) is 6.68. The summed E-state index contributed by atoms with van der Waals surface area (Å²) >= 11 is 7.94. The van der Waals surface area contributed by atoms with Gasteiger partial charge in [0.05, 0.1) is 23.2 Å². The molecule has 2 aromatic heterocycles.